The second-order valence-corrected chi connectivity index (χ2v) is 7.97. The van der Waals surface area contributed by atoms with E-state index in [1.54, 1.807) is 24.3 Å². The summed E-state index contributed by atoms with van der Waals surface area (Å²) in [6.45, 7) is 5.76. The van der Waals surface area contributed by atoms with Crippen LogP contribution < -0.4 is 21.3 Å². The van der Waals surface area contributed by atoms with Gasteiger partial charge in [0.25, 0.3) is 0 Å². The van der Waals surface area contributed by atoms with Crippen LogP contribution in [0.25, 0.3) is 0 Å². The predicted octanol–water partition coefficient (Wildman–Crippen LogP) is 5.56. The Morgan fingerprint density at radius 2 is 1.53 bits per heavy atom. The van der Waals surface area contributed by atoms with E-state index in [0.29, 0.717) is 46.4 Å². The zero-order valence-electron chi connectivity index (χ0n) is 18.9. The summed E-state index contributed by atoms with van der Waals surface area (Å²) in [4.78, 5) is 25.6. The summed E-state index contributed by atoms with van der Waals surface area (Å²) in [5.74, 6) is 2.06. The van der Waals surface area contributed by atoms with Crippen molar-refractivity contribution in [3.63, 3.8) is 0 Å². The molecular weight excluding hydrogens is 454 g/mol. The topological polar surface area (TPSA) is 133 Å². The summed E-state index contributed by atoms with van der Waals surface area (Å²) in [5, 5.41) is 19.5. The standard InChI is InChI=1S/C23H24ClN9O/c1-4-19-28-21(31-22(29-19)30-20-12-14(3)32-33-20)25-15-5-7-16(8-6-15)26-23(34)27-17-9-10-18(24)13(2)11-17/h5-12H,4H2,1-3H3,(H2,26,27,34)(H3,25,28,29,30,31,32,33). The van der Waals surface area contributed by atoms with Crippen molar-refractivity contribution >= 4 is 52.4 Å². The minimum atomic E-state index is -0.350. The van der Waals surface area contributed by atoms with Crippen molar-refractivity contribution in [2.75, 3.05) is 21.3 Å². The Bertz CT molecular complexity index is 1300. The molecule has 0 aliphatic rings. The molecule has 2 amide bonds. The van der Waals surface area contributed by atoms with E-state index in [-0.39, 0.29) is 6.03 Å². The number of hydrogen-bond donors (Lipinski definition) is 5. The van der Waals surface area contributed by atoms with E-state index in [2.05, 4.69) is 46.4 Å². The molecule has 2 aromatic carbocycles. The molecule has 34 heavy (non-hydrogen) atoms. The van der Waals surface area contributed by atoms with Crippen LogP contribution in [-0.2, 0) is 6.42 Å². The molecule has 0 atom stereocenters. The van der Waals surface area contributed by atoms with E-state index in [1.165, 1.54) is 0 Å². The van der Waals surface area contributed by atoms with Crippen LogP contribution in [0.1, 0.15) is 24.0 Å². The first kappa shape index (κ1) is 23.0. The smallest absolute Gasteiger partial charge is 0.323 e. The molecule has 0 spiro atoms. The van der Waals surface area contributed by atoms with E-state index >= 15 is 0 Å². The third-order valence-electron chi connectivity index (χ3n) is 4.76. The lowest BCUT2D eigenvalue weighted by atomic mass is 10.2. The number of benzene rings is 2. The molecule has 0 saturated carbocycles. The maximum absolute atomic E-state index is 12.3. The molecule has 10 nitrogen and oxygen atoms in total. The molecule has 11 heteroatoms. The van der Waals surface area contributed by atoms with Crippen molar-refractivity contribution in [1.82, 2.24) is 25.1 Å². The number of aromatic amines is 1. The van der Waals surface area contributed by atoms with Gasteiger partial charge in [-0.25, -0.2) is 4.79 Å². The maximum Gasteiger partial charge on any atom is 0.323 e. The number of carbonyl (C=O) groups excluding carboxylic acids is 1. The van der Waals surface area contributed by atoms with Gasteiger partial charge in [-0.1, -0.05) is 18.5 Å². The SMILES string of the molecule is CCc1nc(Nc2ccc(NC(=O)Nc3ccc(Cl)c(C)c3)cc2)nc(Nc2cc(C)[nH]n2)n1. The predicted molar refractivity (Wildman–Crippen MR) is 134 cm³/mol. The van der Waals surface area contributed by atoms with E-state index in [1.807, 2.05) is 45.0 Å². The first-order valence-corrected chi connectivity index (χ1v) is 11.0. The Balaban J connectivity index is 1.40. The number of halogens is 1. The summed E-state index contributed by atoms with van der Waals surface area (Å²) in [6, 6.07) is 14.0. The number of aromatic nitrogens is 5. The summed E-state index contributed by atoms with van der Waals surface area (Å²) < 4.78 is 0. The van der Waals surface area contributed by atoms with E-state index in [0.717, 1.165) is 16.9 Å². The highest BCUT2D eigenvalue weighted by Crippen LogP contribution is 2.21. The second kappa shape index (κ2) is 10.2. The molecule has 0 saturated heterocycles. The number of urea groups is 1. The largest absolute Gasteiger partial charge is 0.324 e. The number of rotatable bonds is 7. The molecule has 0 bridgehead atoms. The summed E-state index contributed by atoms with van der Waals surface area (Å²) >= 11 is 6.03. The van der Waals surface area contributed by atoms with Crippen molar-refractivity contribution < 1.29 is 4.79 Å². The van der Waals surface area contributed by atoms with Crippen LogP contribution in [0, 0.1) is 13.8 Å². The van der Waals surface area contributed by atoms with Gasteiger partial charge >= 0.3 is 6.03 Å². The number of aryl methyl sites for hydroxylation is 3. The van der Waals surface area contributed by atoms with Gasteiger partial charge in [0, 0.05) is 40.3 Å². The summed E-state index contributed by atoms with van der Waals surface area (Å²) in [6.07, 6.45) is 0.649. The van der Waals surface area contributed by atoms with Crippen molar-refractivity contribution in [2.24, 2.45) is 0 Å². The quantitative estimate of drug-likeness (QED) is 0.235. The molecule has 0 aliphatic carbocycles. The molecule has 2 aromatic heterocycles. The Kier molecular flexibility index (Phi) is 6.88. The zero-order valence-corrected chi connectivity index (χ0v) is 19.7. The third kappa shape index (κ3) is 5.99. The highest BCUT2D eigenvalue weighted by molar-refractivity contribution is 6.31. The van der Waals surface area contributed by atoms with Crippen molar-refractivity contribution in [2.45, 2.75) is 27.2 Å². The number of amides is 2. The first-order chi connectivity index (χ1) is 16.4. The highest BCUT2D eigenvalue weighted by Gasteiger charge is 2.09. The monoisotopic (exact) mass is 477 g/mol. The fourth-order valence-electron chi connectivity index (χ4n) is 3.07. The molecule has 2 heterocycles. The second-order valence-electron chi connectivity index (χ2n) is 7.56. The number of anilines is 6. The number of hydrogen-bond acceptors (Lipinski definition) is 7. The highest BCUT2D eigenvalue weighted by atomic mass is 35.5. The van der Waals surface area contributed by atoms with Crippen molar-refractivity contribution in [1.29, 1.82) is 0 Å². The molecule has 0 unspecified atom stereocenters. The number of carbonyl (C=O) groups is 1. The summed E-state index contributed by atoms with van der Waals surface area (Å²) in [7, 11) is 0. The van der Waals surface area contributed by atoms with Crippen LogP contribution in [-0.4, -0.2) is 31.2 Å². The zero-order chi connectivity index (χ0) is 24.1. The van der Waals surface area contributed by atoms with Gasteiger partial charge in [-0.2, -0.15) is 20.1 Å². The van der Waals surface area contributed by atoms with Gasteiger partial charge < -0.3 is 21.3 Å². The molecule has 4 rings (SSSR count). The van der Waals surface area contributed by atoms with Gasteiger partial charge in [-0.3, -0.25) is 5.10 Å². The van der Waals surface area contributed by atoms with Gasteiger partial charge in [0.2, 0.25) is 11.9 Å². The Morgan fingerprint density at radius 3 is 2.18 bits per heavy atom. The van der Waals surface area contributed by atoms with Crippen molar-refractivity contribution in [3.8, 4) is 0 Å². The average Bonchev–Trinajstić information content (AvgIpc) is 3.21. The normalized spacial score (nSPS) is 10.6. The lowest BCUT2D eigenvalue weighted by molar-refractivity contribution is 0.262. The minimum absolute atomic E-state index is 0.350. The van der Waals surface area contributed by atoms with Gasteiger partial charge in [0.1, 0.15) is 5.82 Å². The fourth-order valence-corrected chi connectivity index (χ4v) is 3.19. The number of nitrogens with one attached hydrogen (secondary N) is 5. The van der Waals surface area contributed by atoms with Crippen LogP contribution >= 0.6 is 11.6 Å². The Morgan fingerprint density at radius 1 is 0.882 bits per heavy atom. The molecule has 0 aliphatic heterocycles. The van der Waals surface area contributed by atoms with Gasteiger partial charge in [-0.15, -0.1) is 0 Å². The lowest BCUT2D eigenvalue weighted by Gasteiger charge is -2.11. The van der Waals surface area contributed by atoms with Gasteiger partial charge in [0.05, 0.1) is 0 Å². The molecule has 4 aromatic rings. The molecular formula is C23H24ClN9O. The van der Waals surface area contributed by atoms with E-state index in [9.17, 15) is 4.79 Å². The van der Waals surface area contributed by atoms with Gasteiger partial charge in [-0.05, 0) is 61.9 Å². The molecule has 0 radical (unpaired) electrons. The van der Waals surface area contributed by atoms with Crippen molar-refractivity contribution in [3.05, 3.63) is 70.6 Å². The Hall–Kier alpha value is -4.18. The number of H-pyrrole nitrogens is 1. The maximum atomic E-state index is 12.3. The van der Waals surface area contributed by atoms with E-state index < -0.39 is 0 Å². The average molecular weight is 478 g/mol. The number of nitrogens with zero attached hydrogens (tertiary/aromatic N) is 4. The van der Waals surface area contributed by atoms with Crippen LogP contribution in [0.2, 0.25) is 5.02 Å². The van der Waals surface area contributed by atoms with E-state index in [4.69, 9.17) is 11.6 Å². The summed E-state index contributed by atoms with van der Waals surface area (Å²) in [5.41, 5.74) is 3.87. The first-order valence-electron chi connectivity index (χ1n) is 10.6. The Labute approximate surface area is 201 Å². The molecule has 174 valence electrons. The van der Waals surface area contributed by atoms with Crippen LogP contribution in [0.15, 0.2) is 48.5 Å². The third-order valence-corrected chi connectivity index (χ3v) is 5.18. The fraction of sp³-hybridized carbons (Fsp3) is 0.174. The lowest BCUT2D eigenvalue weighted by Crippen LogP contribution is -2.19. The van der Waals surface area contributed by atoms with Crippen LogP contribution in [0.4, 0.5) is 39.6 Å². The minimum Gasteiger partial charge on any atom is -0.324 e. The molecule has 0 fully saturated rings. The molecule has 5 N–H and O–H groups in total. The van der Waals surface area contributed by atoms with Crippen LogP contribution in [0.5, 0.6) is 0 Å². The van der Waals surface area contributed by atoms with Gasteiger partial charge in [0.15, 0.2) is 5.82 Å². The van der Waals surface area contributed by atoms with Crippen LogP contribution in [0.3, 0.4) is 0 Å².